The molecule has 1 atom stereocenters. The predicted molar refractivity (Wildman–Crippen MR) is 105 cm³/mol. The minimum absolute atomic E-state index is 0.0924. The van der Waals surface area contributed by atoms with Crippen LogP contribution in [0.1, 0.15) is 18.4 Å². The van der Waals surface area contributed by atoms with Gasteiger partial charge in [-0.05, 0) is 30.5 Å². The maximum Gasteiger partial charge on any atom is 0.317 e. The molecule has 0 aliphatic carbocycles. The standard InChI is InChI=1S/C19H24ClN5O2/c1-24(2)17-18(22-10-9-21-17)27-16-4-3-11-25(13-16)19(26)23-12-14-5-7-15(20)8-6-14/h5-10,16H,3-4,11-13H2,1-2H3,(H,23,26). The number of piperidine rings is 1. The average Bonchev–Trinajstić information content (AvgIpc) is 2.68. The number of ether oxygens (including phenoxy) is 1. The van der Waals surface area contributed by atoms with Crippen LogP contribution in [0.5, 0.6) is 5.88 Å². The fourth-order valence-corrected chi connectivity index (χ4v) is 3.10. The highest BCUT2D eigenvalue weighted by molar-refractivity contribution is 6.30. The number of aromatic nitrogens is 2. The Morgan fingerprint density at radius 3 is 2.78 bits per heavy atom. The summed E-state index contributed by atoms with van der Waals surface area (Å²) >= 11 is 5.89. The topological polar surface area (TPSA) is 70.6 Å². The highest BCUT2D eigenvalue weighted by Gasteiger charge is 2.26. The maximum absolute atomic E-state index is 12.5. The molecule has 2 aromatic rings. The SMILES string of the molecule is CN(C)c1nccnc1OC1CCCN(C(=O)NCc2ccc(Cl)cc2)C1. The predicted octanol–water partition coefficient (Wildman–Crippen LogP) is 2.95. The largest absolute Gasteiger partial charge is 0.470 e. The number of carbonyl (C=O) groups is 1. The van der Waals surface area contributed by atoms with Crippen LogP contribution in [0, 0.1) is 0 Å². The van der Waals surface area contributed by atoms with Gasteiger partial charge in [0.1, 0.15) is 6.10 Å². The van der Waals surface area contributed by atoms with E-state index in [2.05, 4.69) is 15.3 Å². The molecule has 2 amide bonds. The molecule has 1 unspecified atom stereocenters. The van der Waals surface area contributed by atoms with Crippen LogP contribution in [0.25, 0.3) is 0 Å². The Morgan fingerprint density at radius 1 is 1.30 bits per heavy atom. The summed E-state index contributed by atoms with van der Waals surface area (Å²) in [7, 11) is 3.79. The zero-order chi connectivity index (χ0) is 19.2. The quantitative estimate of drug-likeness (QED) is 0.851. The zero-order valence-corrected chi connectivity index (χ0v) is 16.3. The third-order valence-corrected chi connectivity index (χ3v) is 4.62. The van der Waals surface area contributed by atoms with E-state index >= 15 is 0 Å². The summed E-state index contributed by atoms with van der Waals surface area (Å²) in [5.74, 6) is 1.18. The molecule has 0 bridgehead atoms. The van der Waals surface area contributed by atoms with Crippen molar-refractivity contribution in [2.75, 3.05) is 32.1 Å². The number of hydrogen-bond donors (Lipinski definition) is 1. The van der Waals surface area contributed by atoms with Crippen LogP contribution in [0.3, 0.4) is 0 Å². The summed E-state index contributed by atoms with van der Waals surface area (Å²) in [6.45, 7) is 1.70. The number of carbonyl (C=O) groups excluding carboxylic acids is 1. The Labute approximate surface area is 164 Å². The van der Waals surface area contributed by atoms with Crippen LogP contribution in [-0.2, 0) is 6.54 Å². The van der Waals surface area contributed by atoms with E-state index in [9.17, 15) is 4.79 Å². The van der Waals surface area contributed by atoms with Crippen LogP contribution >= 0.6 is 11.6 Å². The summed E-state index contributed by atoms with van der Waals surface area (Å²) < 4.78 is 6.05. The van der Waals surface area contributed by atoms with Gasteiger partial charge in [-0.3, -0.25) is 0 Å². The minimum Gasteiger partial charge on any atom is -0.470 e. The second-order valence-electron chi connectivity index (χ2n) is 6.69. The van der Waals surface area contributed by atoms with Crippen LogP contribution in [0.2, 0.25) is 5.02 Å². The van der Waals surface area contributed by atoms with Gasteiger partial charge in [0.15, 0.2) is 5.82 Å². The van der Waals surface area contributed by atoms with Crippen molar-refractivity contribution in [3.63, 3.8) is 0 Å². The van der Waals surface area contributed by atoms with Crippen molar-refractivity contribution >= 4 is 23.4 Å². The van der Waals surface area contributed by atoms with E-state index in [0.29, 0.717) is 36.4 Å². The summed E-state index contributed by atoms with van der Waals surface area (Å²) in [4.78, 5) is 24.8. The number of rotatable bonds is 5. The van der Waals surface area contributed by atoms with Gasteiger partial charge in [-0.25, -0.2) is 14.8 Å². The molecular formula is C19H24ClN5O2. The lowest BCUT2D eigenvalue weighted by atomic mass is 10.1. The van der Waals surface area contributed by atoms with Crippen molar-refractivity contribution in [1.82, 2.24) is 20.2 Å². The Balaban J connectivity index is 1.56. The fourth-order valence-electron chi connectivity index (χ4n) is 2.98. The monoisotopic (exact) mass is 389 g/mol. The first-order valence-electron chi connectivity index (χ1n) is 8.95. The second kappa shape index (κ2) is 8.90. The summed E-state index contributed by atoms with van der Waals surface area (Å²) in [5.41, 5.74) is 1.01. The molecule has 144 valence electrons. The number of amides is 2. The van der Waals surface area contributed by atoms with E-state index in [1.165, 1.54) is 0 Å². The first-order valence-corrected chi connectivity index (χ1v) is 9.33. The van der Waals surface area contributed by atoms with Gasteiger partial charge in [0.25, 0.3) is 5.88 Å². The Kier molecular flexibility index (Phi) is 6.34. The lowest BCUT2D eigenvalue weighted by molar-refractivity contribution is 0.0978. The molecule has 1 aliphatic heterocycles. The van der Waals surface area contributed by atoms with Crippen molar-refractivity contribution in [3.8, 4) is 5.88 Å². The molecule has 1 N–H and O–H groups in total. The molecule has 0 saturated carbocycles. The maximum atomic E-state index is 12.5. The van der Waals surface area contributed by atoms with Gasteiger partial charge in [-0.1, -0.05) is 23.7 Å². The Bertz CT molecular complexity index is 769. The zero-order valence-electron chi connectivity index (χ0n) is 15.6. The number of nitrogens with zero attached hydrogens (tertiary/aromatic N) is 4. The van der Waals surface area contributed by atoms with Gasteiger partial charge in [0, 0.05) is 44.6 Å². The molecule has 1 aromatic heterocycles. The van der Waals surface area contributed by atoms with Crippen molar-refractivity contribution < 1.29 is 9.53 Å². The van der Waals surface area contributed by atoms with Gasteiger partial charge < -0.3 is 19.9 Å². The number of hydrogen-bond acceptors (Lipinski definition) is 5. The van der Waals surface area contributed by atoms with Gasteiger partial charge in [-0.2, -0.15) is 0 Å². The van der Waals surface area contributed by atoms with Crippen LogP contribution in [0.4, 0.5) is 10.6 Å². The van der Waals surface area contributed by atoms with Crippen molar-refractivity contribution in [2.45, 2.75) is 25.5 Å². The number of anilines is 1. The molecule has 1 aromatic carbocycles. The highest BCUT2D eigenvalue weighted by Crippen LogP contribution is 2.24. The molecule has 1 aliphatic rings. The van der Waals surface area contributed by atoms with E-state index < -0.39 is 0 Å². The lowest BCUT2D eigenvalue weighted by Gasteiger charge is -2.33. The molecule has 2 heterocycles. The number of benzene rings is 1. The molecular weight excluding hydrogens is 366 g/mol. The summed E-state index contributed by atoms with van der Waals surface area (Å²) in [5, 5.41) is 3.64. The van der Waals surface area contributed by atoms with Gasteiger partial charge >= 0.3 is 6.03 Å². The number of likely N-dealkylation sites (tertiary alicyclic amines) is 1. The van der Waals surface area contributed by atoms with Crippen LogP contribution in [-0.4, -0.2) is 54.2 Å². The van der Waals surface area contributed by atoms with E-state index in [1.54, 1.807) is 17.3 Å². The van der Waals surface area contributed by atoms with E-state index in [-0.39, 0.29) is 12.1 Å². The van der Waals surface area contributed by atoms with Gasteiger partial charge in [0.2, 0.25) is 0 Å². The number of urea groups is 1. The van der Waals surface area contributed by atoms with E-state index in [4.69, 9.17) is 16.3 Å². The van der Waals surface area contributed by atoms with Crippen LogP contribution < -0.4 is 15.0 Å². The molecule has 1 fully saturated rings. The van der Waals surface area contributed by atoms with E-state index in [0.717, 1.165) is 18.4 Å². The molecule has 0 spiro atoms. The molecule has 7 nitrogen and oxygen atoms in total. The first-order chi connectivity index (χ1) is 13.0. The highest BCUT2D eigenvalue weighted by atomic mass is 35.5. The molecule has 0 radical (unpaired) electrons. The number of halogens is 1. The summed E-state index contributed by atoms with van der Waals surface area (Å²) in [6, 6.07) is 7.35. The molecule has 1 saturated heterocycles. The van der Waals surface area contributed by atoms with Crippen LogP contribution in [0.15, 0.2) is 36.7 Å². The first kappa shape index (κ1) is 19.2. The molecule has 27 heavy (non-hydrogen) atoms. The molecule has 3 rings (SSSR count). The normalized spacial score (nSPS) is 16.7. The van der Waals surface area contributed by atoms with E-state index in [1.807, 2.05) is 43.3 Å². The summed E-state index contributed by atoms with van der Waals surface area (Å²) in [6.07, 6.45) is 4.91. The minimum atomic E-state index is -0.101. The van der Waals surface area contributed by atoms with Crippen molar-refractivity contribution in [2.24, 2.45) is 0 Å². The third-order valence-electron chi connectivity index (χ3n) is 4.37. The lowest BCUT2D eigenvalue weighted by Crippen LogP contribution is -2.48. The Hall–Kier alpha value is -2.54. The fraction of sp³-hybridized carbons (Fsp3) is 0.421. The van der Waals surface area contributed by atoms with Crippen molar-refractivity contribution in [3.05, 3.63) is 47.2 Å². The third kappa shape index (κ3) is 5.23. The van der Waals surface area contributed by atoms with Gasteiger partial charge in [0.05, 0.1) is 6.54 Å². The second-order valence-corrected chi connectivity index (χ2v) is 7.13. The molecule has 8 heteroatoms. The van der Waals surface area contributed by atoms with Gasteiger partial charge in [-0.15, -0.1) is 0 Å². The average molecular weight is 390 g/mol. The number of nitrogens with one attached hydrogen (secondary N) is 1. The smallest absolute Gasteiger partial charge is 0.317 e. The Morgan fingerprint density at radius 2 is 2.04 bits per heavy atom. The van der Waals surface area contributed by atoms with Crippen molar-refractivity contribution in [1.29, 1.82) is 0 Å².